The number of hydrazone groups is 2. The molecule has 2 N–H and O–H groups in total. The molecule has 0 bridgehead atoms. The third kappa shape index (κ3) is 7.92. The Morgan fingerprint density at radius 1 is 0.853 bits per heavy atom. The van der Waals surface area contributed by atoms with Crippen molar-refractivity contribution in [2.75, 3.05) is 27.4 Å². The van der Waals surface area contributed by atoms with E-state index >= 15 is 0 Å². The van der Waals surface area contributed by atoms with Gasteiger partial charge in [0.2, 0.25) is 0 Å². The largest absolute Gasteiger partial charge is 0.493 e. The lowest BCUT2D eigenvalue weighted by Gasteiger charge is -2.12. The minimum atomic E-state index is -0.624. The fraction of sp³-hybridized carbons (Fsp3) is 0.174. The Bertz CT molecular complexity index is 1010. The summed E-state index contributed by atoms with van der Waals surface area (Å²) in [6.45, 7) is 7.92. The third-order valence-electron chi connectivity index (χ3n) is 3.95. The summed E-state index contributed by atoms with van der Waals surface area (Å²) in [4.78, 5) is 12.0. The van der Waals surface area contributed by atoms with Crippen LogP contribution in [0.3, 0.4) is 0 Å². The van der Waals surface area contributed by atoms with E-state index in [1.54, 1.807) is 36.4 Å². The average Bonchev–Trinajstić information content (AvgIpc) is 2.82. The summed E-state index contributed by atoms with van der Waals surface area (Å²) in [7, 11) is 3.06. The first kappa shape index (κ1) is 26.9. The Balaban J connectivity index is 1.98. The van der Waals surface area contributed by atoms with Gasteiger partial charge >= 0.3 is 6.03 Å². The number of nitrogens with zero attached hydrogens (tertiary/aromatic N) is 2. The molecule has 0 saturated carbocycles. The summed E-state index contributed by atoms with van der Waals surface area (Å²) >= 11 is 6.87. The molecule has 0 aliphatic carbocycles. The van der Waals surface area contributed by atoms with E-state index in [9.17, 15) is 4.79 Å². The van der Waals surface area contributed by atoms with Crippen LogP contribution in [0.4, 0.5) is 4.79 Å². The van der Waals surface area contributed by atoms with Crippen LogP contribution in [0.15, 0.2) is 68.7 Å². The number of nitrogens with one attached hydrogen (secondary N) is 2. The molecule has 2 rings (SSSR count). The second-order valence-corrected chi connectivity index (χ2v) is 8.05. The van der Waals surface area contributed by atoms with Gasteiger partial charge in [-0.15, -0.1) is 0 Å². The Hall–Kier alpha value is -3.31. The first-order valence-corrected chi connectivity index (χ1v) is 11.4. The molecule has 2 aromatic carbocycles. The van der Waals surface area contributed by atoms with Crippen LogP contribution in [0.1, 0.15) is 11.1 Å². The van der Waals surface area contributed by atoms with Crippen molar-refractivity contribution in [1.82, 2.24) is 10.9 Å². The Morgan fingerprint density at radius 2 is 1.26 bits per heavy atom. The summed E-state index contributed by atoms with van der Waals surface area (Å²) < 4.78 is 23.2. The minimum Gasteiger partial charge on any atom is -0.493 e. The van der Waals surface area contributed by atoms with E-state index in [2.05, 4.69) is 66.1 Å². The normalized spacial score (nSPS) is 10.7. The number of methoxy groups -OCH3 is 2. The molecule has 0 fully saturated rings. The first-order valence-electron chi connectivity index (χ1n) is 9.78. The highest BCUT2D eigenvalue weighted by molar-refractivity contribution is 9.11. The second kappa shape index (κ2) is 14.1. The van der Waals surface area contributed by atoms with E-state index in [0.29, 0.717) is 56.3 Å². The predicted octanol–water partition coefficient (Wildman–Crippen LogP) is 5.03. The number of amides is 2. The molecule has 0 atom stereocenters. The highest BCUT2D eigenvalue weighted by Crippen LogP contribution is 2.37. The van der Waals surface area contributed by atoms with Gasteiger partial charge in [-0.3, -0.25) is 0 Å². The topological polar surface area (TPSA) is 103 Å². The van der Waals surface area contributed by atoms with Gasteiger partial charge in [0.25, 0.3) is 0 Å². The lowest BCUT2D eigenvalue weighted by molar-refractivity contribution is 0.242. The van der Waals surface area contributed by atoms with E-state index in [4.69, 9.17) is 18.9 Å². The molecule has 0 aliphatic heterocycles. The molecule has 0 heterocycles. The van der Waals surface area contributed by atoms with Gasteiger partial charge in [-0.1, -0.05) is 25.3 Å². The van der Waals surface area contributed by atoms with Crippen LogP contribution in [0.5, 0.6) is 23.0 Å². The maximum Gasteiger partial charge on any atom is 0.355 e. The van der Waals surface area contributed by atoms with Gasteiger partial charge in [-0.05, 0) is 67.3 Å². The molecule has 0 saturated heterocycles. The molecule has 0 spiro atoms. The maximum absolute atomic E-state index is 12.0. The van der Waals surface area contributed by atoms with Crippen molar-refractivity contribution in [2.45, 2.75) is 0 Å². The monoisotopic (exact) mass is 594 g/mol. The molecule has 2 aromatic rings. The van der Waals surface area contributed by atoms with Crippen LogP contribution in [-0.4, -0.2) is 45.9 Å². The van der Waals surface area contributed by atoms with Crippen LogP contribution >= 0.6 is 31.9 Å². The lowest BCUT2D eigenvalue weighted by atomic mass is 10.2. The number of hydrogen-bond donors (Lipinski definition) is 2. The number of rotatable bonds is 12. The summed E-state index contributed by atoms with van der Waals surface area (Å²) in [6, 6.07) is 6.36. The summed E-state index contributed by atoms with van der Waals surface area (Å²) in [6.07, 6.45) is 6.18. The van der Waals surface area contributed by atoms with Crippen molar-refractivity contribution in [3.8, 4) is 23.0 Å². The number of urea groups is 1. The lowest BCUT2D eigenvalue weighted by Crippen LogP contribution is -2.28. The molecule has 0 aliphatic rings. The van der Waals surface area contributed by atoms with Crippen molar-refractivity contribution >= 4 is 50.3 Å². The minimum absolute atomic E-state index is 0.335. The van der Waals surface area contributed by atoms with Crippen LogP contribution < -0.4 is 29.8 Å². The zero-order valence-electron chi connectivity index (χ0n) is 18.6. The molecule has 11 heteroatoms. The van der Waals surface area contributed by atoms with E-state index in [-0.39, 0.29) is 0 Å². The van der Waals surface area contributed by atoms with E-state index in [0.717, 1.165) is 0 Å². The van der Waals surface area contributed by atoms with Gasteiger partial charge in [0.15, 0.2) is 23.0 Å². The van der Waals surface area contributed by atoms with Crippen LogP contribution in [0.2, 0.25) is 0 Å². The Kier molecular flexibility index (Phi) is 11.1. The number of carbonyl (C=O) groups excluding carboxylic acids is 1. The number of halogens is 2. The molecule has 2 amide bonds. The number of ether oxygens (including phenoxy) is 4. The van der Waals surface area contributed by atoms with E-state index < -0.39 is 6.03 Å². The Labute approximate surface area is 214 Å². The molecule has 0 radical (unpaired) electrons. The van der Waals surface area contributed by atoms with Gasteiger partial charge in [0.1, 0.15) is 13.2 Å². The number of hydrogen-bond acceptors (Lipinski definition) is 7. The highest BCUT2D eigenvalue weighted by atomic mass is 79.9. The van der Waals surface area contributed by atoms with E-state index in [1.807, 2.05) is 0 Å². The highest BCUT2D eigenvalue weighted by Gasteiger charge is 2.12. The van der Waals surface area contributed by atoms with Crippen molar-refractivity contribution in [3.63, 3.8) is 0 Å². The molecule has 9 nitrogen and oxygen atoms in total. The first-order chi connectivity index (χ1) is 16.4. The van der Waals surface area contributed by atoms with Crippen molar-refractivity contribution in [1.29, 1.82) is 0 Å². The second-order valence-electron chi connectivity index (χ2n) is 6.34. The predicted molar refractivity (Wildman–Crippen MR) is 140 cm³/mol. The fourth-order valence-electron chi connectivity index (χ4n) is 2.55. The van der Waals surface area contributed by atoms with Crippen molar-refractivity contribution in [2.24, 2.45) is 10.2 Å². The molecule has 34 heavy (non-hydrogen) atoms. The smallest absolute Gasteiger partial charge is 0.355 e. The Morgan fingerprint density at radius 3 is 1.62 bits per heavy atom. The molecular weight excluding hydrogens is 572 g/mol. The quantitative estimate of drug-likeness (QED) is 0.204. The molecule has 0 aromatic heterocycles. The summed E-state index contributed by atoms with van der Waals surface area (Å²) in [5, 5.41) is 7.82. The van der Waals surface area contributed by atoms with Gasteiger partial charge in [0.05, 0.1) is 35.6 Å². The van der Waals surface area contributed by atoms with Gasteiger partial charge < -0.3 is 18.9 Å². The standard InChI is InChI=1S/C23H24Br2N4O5/c1-5-7-33-21-17(24)9-15(11-19(21)31-3)13-26-28-23(30)29-27-14-16-10-18(25)22(34-8-6-2)20(12-16)32-4/h5-6,9-14H,1-2,7-8H2,3-4H3,(H2,28,29,30)/b26-13+,27-14+. The molecule has 180 valence electrons. The zero-order chi connectivity index (χ0) is 24.9. The molecule has 0 unspecified atom stereocenters. The van der Waals surface area contributed by atoms with Crippen LogP contribution in [0.25, 0.3) is 0 Å². The molecular formula is C23H24Br2N4O5. The average molecular weight is 596 g/mol. The zero-order valence-corrected chi connectivity index (χ0v) is 21.8. The summed E-state index contributed by atoms with van der Waals surface area (Å²) in [5.41, 5.74) is 6.01. The van der Waals surface area contributed by atoms with Crippen molar-refractivity contribution in [3.05, 3.63) is 69.6 Å². The van der Waals surface area contributed by atoms with E-state index in [1.165, 1.54) is 26.6 Å². The van der Waals surface area contributed by atoms with Gasteiger partial charge in [-0.25, -0.2) is 15.6 Å². The summed E-state index contributed by atoms with van der Waals surface area (Å²) in [5.74, 6) is 2.11. The fourth-order valence-corrected chi connectivity index (χ4v) is 3.70. The maximum atomic E-state index is 12.0. The van der Waals surface area contributed by atoms with Crippen LogP contribution in [-0.2, 0) is 0 Å². The van der Waals surface area contributed by atoms with Crippen LogP contribution in [0, 0.1) is 0 Å². The SMILES string of the molecule is C=CCOc1c(Br)cc(/C=N/NC(=O)N/N=C/c2cc(Br)c(OCC=C)c(OC)c2)cc1OC. The van der Waals surface area contributed by atoms with Gasteiger partial charge in [-0.2, -0.15) is 10.2 Å². The third-order valence-corrected chi connectivity index (χ3v) is 5.13. The van der Waals surface area contributed by atoms with Gasteiger partial charge in [0, 0.05) is 0 Å². The number of carbonyl (C=O) groups is 1. The number of benzene rings is 2. The van der Waals surface area contributed by atoms with Crippen molar-refractivity contribution < 1.29 is 23.7 Å².